The van der Waals surface area contributed by atoms with E-state index in [0.29, 0.717) is 11.5 Å². The summed E-state index contributed by atoms with van der Waals surface area (Å²) in [5, 5.41) is -0.223. The number of carbonyl (C=O) groups is 1. The Hall–Kier alpha value is -0.480. The van der Waals surface area contributed by atoms with Crippen LogP contribution in [-0.2, 0) is 10.8 Å². The minimum absolute atomic E-state index is 0.00550. The lowest BCUT2D eigenvalue weighted by atomic mass is 9.91. The largest absolute Gasteiger partial charge is 0.293 e. The molecule has 4 unspecified atom stereocenters. The van der Waals surface area contributed by atoms with Crippen molar-refractivity contribution >= 4 is 32.5 Å². The molecule has 1 saturated carbocycles. The molecule has 4 atom stereocenters. The summed E-state index contributed by atoms with van der Waals surface area (Å²) in [4.78, 5) is 12.4. The Bertz CT molecular complexity index is 498. The van der Waals surface area contributed by atoms with Crippen molar-refractivity contribution in [3.63, 3.8) is 0 Å². The van der Waals surface area contributed by atoms with Gasteiger partial charge >= 0.3 is 0 Å². The lowest BCUT2D eigenvalue weighted by molar-refractivity contribution is 0.0992. The molecular formula is C16H21BrO2S. The minimum Gasteiger partial charge on any atom is -0.293 e. The second kappa shape index (κ2) is 6.99. The summed E-state index contributed by atoms with van der Waals surface area (Å²) in [6.07, 6.45) is 4.35. The summed E-state index contributed by atoms with van der Waals surface area (Å²) in [6, 6.07) is 7.30. The maximum atomic E-state index is 12.6. The van der Waals surface area contributed by atoms with Gasteiger partial charge in [-0.3, -0.25) is 9.00 Å². The Labute approximate surface area is 131 Å². The molecule has 2 nitrogen and oxygen atoms in total. The minimum atomic E-state index is -1.07. The second-order valence-electron chi connectivity index (χ2n) is 5.74. The van der Waals surface area contributed by atoms with Gasteiger partial charge in [-0.2, -0.15) is 0 Å². The van der Waals surface area contributed by atoms with Gasteiger partial charge in [0.05, 0.1) is 5.25 Å². The first-order chi connectivity index (χ1) is 9.49. The fraction of sp³-hybridized carbons (Fsp3) is 0.562. The highest BCUT2D eigenvalue weighted by Crippen LogP contribution is 2.29. The Morgan fingerprint density at radius 2 is 1.95 bits per heavy atom. The molecule has 1 aliphatic rings. The predicted molar refractivity (Wildman–Crippen MR) is 87.5 cm³/mol. The van der Waals surface area contributed by atoms with E-state index < -0.39 is 16.0 Å². The van der Waals surface area contributed by atoms with Crippen LogP contribution < -0.4 is 0 Å². The number of ketones is 1. The first-order valence-electron chi connectivity index (χ1n) is 7.18. The Kier molecular flexibility index (Phi) is 5.56. The first-order valence-corrected chi connectivity index (χ1v) is 9.25. The van der Waals surface area contributed by atoms with E-state index in [1.54, 1.807) is 19.1 Å². The SMILES string of the molecule is CC1CCCC(S(=O)C(C)C(=O)c2ccc(Br)cc2)C1. The average molecular weight is 357 g/mol. The zero-order valence-electron chi connectivity index (χ0n) is 12.0. The maximum Gasteiger partial charge on any atom is 0.178 e. The van der Waals surface area contributed by atoms with Gasteiger partial charge < -0.3 is 0 Å². The van der Waals surface area contributed by atoms with E-state index in [-0.39, 0.29) is 11.0 Å². The molecule has 20 heavy (non-hydrogen) atoms. The third-order valence-electron chi connectivity index (χ3n) is 4.06. The van der Waals surface area contributed by atoms with Gasteiger partial charge in [-0.25, -0.2) is 0 Å². The fourth-order valence-electron chi connectivity index (χ4n) is 2.83. The number of hydrogen-bond acceptors (Lipinski definition) is 2. The van der Waals surface area contributed by atoms with Gasteiger partial charge in [0.2, 0.25) is 0 Å². The number of halogens is 1. The summed E-state index contributed by atoms with van der Waals surface area (Å²) in [5.41, 5.74) is 0.651. The van der Waals surface area contributed by atoms with Crippen molar-refractivity contribution < 1.29 is 9.00 Å². The van der Waals surface area contributed by atoms with Crippen LogP contribution in [0.5, 0.6) is 0 Å². The van der Waals surface area contributed by atoms with Crippen LogP contribution in [0.15, 0.2) is 28.7 Å². The van der Waals surface area contributed by atoms with Crippen molar-refractivity contribution in [2.75, 3.05) is 0 Å². The van der Waals surface area contributed by atoms with Crippen molar-refractivity contribution in [3.05, 3.63) is 34.3 Å². The lowest BCUT2D eigenvalue weighted by Gasteiger charge is -2.27. The summed E-state index contributed by atoms with van der Waals surface area (Å²) < 4.78 is 13.6. The van der Waals surface area contributed by atoms with Gasteiger partial charge in [0.1, 0.15) is 0 Å². The standard InChI is InChI=1S/C16H21BrO2S/c1-11-4-3-5-15(10-11)20(19)12(2)16(18)13-6-8-14(17)9-7-13/h6-9,11-12,15H,3-5,10H2,1-2H3. The molecule has 0 aliphatic heterocycles. The van der Waals surface area contributed by atoms with Crippen molar-refractivity contribution in [1.82, 2.24) is 0 Å². The summed E-state index contributed by atoms with van der Waals surface area (Å²) in [7, 11) is -1.07. The fourth-order valence-corrected chi connectivity index (χ4v) is 4.94. The van der Waals surface area contributed by atoms with Gasteiger partial charge in [0, 0.05) is 26.1 Å². The van der Waals surface area contributed by atoms with Gasteiger partial charge in [-0.15, -0.1) is 0 Å². The van der Waals surface area contributed by atoms with Gasteiger partial charge in [0.15, 0.2) is 5.78 Å². The van der Waals surface area contributed by atoms with Crippen LogP contribution in [0.1, 0.15) is 49.9 Å². The second-order valence-corrected chi connectivity index (χ2v) is 8.68. The van der Waals surface area contributed by atoms with E-state index in [9.17, 15) is 9.00 Å². The van der Waals surface area contributed by atoms with Gasteiger partial charge in [0.25, 0.3) is 0 Å². The molecule has 0 radical (unpaired) electrons. The molecule has 1 aromatic rings. The predicted octanol–water partition coefficient (Wildman–Crippen LogP) is 4.35. The molecule has 1 aromatic carbocycles. The Morgan fingerprint density at radius 3 is 2.55 bits per heavy atom. The normalized spacial score (nSPS) is 25.9. The van der Waals surface area contributed by atoms with Crippen LogP contribution in [0.25, 0.3) is 0 Å². The number of Topliss-reactive ketones (excluding diaryl/α,β-unsaturated/α-hetero) is 1. The van der Waals surface area contributed by atoms with Gasteiger partial charge in [-0.1, -0.05) is 47.8 Å². The molecular weight excluding hydrogens is 336 g/mol. The zero-order valence-corrected chi connectivity index (χ0v) is 14.4. The van der Waals surface area contributed by atoms with E-state index >= 15 is 0 Å². The zero-order chi connectivity index (χ0) is 14.7. The summed E-state index contributed by atoms with van der Waals surface area (Å²) in [6.45, 7) is 4.02. The molecule has 4 heteroatoms. The number of carbonyl (C=O) groups excluding carboxylic acids is 1. The van der Waals surface area contributed by atoms with Crippen molar-refractivity contribution in [2.45, 2.75) is 50.0 Å². The molecule has 0 amide bonds. The third-order valence-corrected chi connectivity index (χ3v) is 6.59. The topological polar surface area (TPSA) is 34.1 Å². The number of benzene rings is 1. The molecule has 0 saturated heterocycles. The molecule has 110 valence electrons. The summed E-state index contributed by atoms with van der Waals surface area (Å²) >= 11 is 3.36. The molecule has 1 aliphatic carbocycles. The van der Waals surface area contributed by atoms with Crippen LogP contribution in [-0.4, -0.2) is 20.5 Å². The van der Waals surface area contributed by atoms with Crippen LogP contribution in [0.4, 0.5) is 0 Å². The van der Waals surface area contributed by atoms with Crippen LogP contribution in [0, 0.1) is 5.92 Å². The number of rotatable bonds is 4. The molecule has 0 spiro atoms. The third kappa shape index (κ3) is 3.79. The van der Waals surface area contributed by atoms with Gasteiger partial charge in [-0.05, 0) is 37.8 Å². The van der Waals surface area contributed by atoms with Crippen molar-refractivity contribution in [3.8, 4) is 0 Å². The Balaban J connectivity index is 2.06. The maximum absolute atomic E-state index is 12.6. The van der Waals surface area contributed by atoms with E-state index in [1.165, 1.54) is 6.42 Å². The van der Waals surface area contributed by atoms with E-state index in [2.05, 4.69) is 22.9 Å². The average Bonchev–Trinajstić information content (AvgIpc) is 2.46. The van der Waals surface area contributed by atoms with Crippen LogP contribution >= 0.6 is 15.9 Å². The highest BCUT2D eigenvalue weighted by atomic mass is 79.9. The monoisotopic (exact) mass is 356 g/mol. The van der Waals surface area contributed by atoms with E-state index in [4.69, 9.17) is 0 Å². The van der Waals surface area contributed by atoms with E-state index in [0.717, 1.165) is 23.7 Å². The Morgan fingerprint density at radius 1 is 1.30 bits per heavy atom. The van der Waals surface area contributed by atoms with Crippen molar-refractivity contribution in [1.29, 1.82) is 0 Å². The molecule has 1 fully saturated rings. The van der Waals surface area contributed by atoms with E-state index in [1.807, 2.05) is 12.1 Å². The highest BCUT2D eigenvalue weighted by Gasteiger charge is 2.30. The molecule has 0 bridgehead atoms. The first kappa shape index (κ1) is 15.9. The lowest BCUT2D eigenvalue weighted by Crippen LogP contribution is -2.33. The molecule has 0 heterocycles. The molecule has 2 rings (SSSR count). The van der Waals surface area contributed by atoms with Crippen molar-refractivity contribution in [2.24, 2.45) is 5.92 Å². The highest BCUT2D eigenvalue weighted by molar-refractivity contribution is 9.10. The van der Waals surface area contributed by atoms with Crippen LogP contribution in [0.3, 0.4) is 0 Å². The molecule has 0 N–H and O–H groups in total. The number of hydrogen-bond donors (Lipinski definition) is 0. The summed E-state index contributed by atoms with van der Waals surface area (Å²) in [5.74, 6) is 0.627. The smallest absolute Gasteiger partial charge is 0.178 e. The quantitative estimate of drug-likeness (QED) is 0.751. The molecule has 0 aromatic heterocycles. The van der Waals surface area contributed by atoms with Crippen LogP contribution in [0.2, 0.25) is 0 Å².